The third kappa shape index (κ3) is 6.44. The van der Waals surface area contributed by atoms with E-state index >= 15 is 0 Å². The van der Waals surface area contributed by atoms with Crippen LogP contribution >= 0.6 is 0 Å². The van der Waals surface area contributed by atoms with E-state index in [1.807, 2.05) is 31.8 Å². The van der Waals surface area contributed by atoms with Crippen LogP contribution in [0.4, 0.5) is 8.78 Å². The lowest BCUT2D eigenvalue weighted by atomic mass is 9.86. The summed E-state index contributed by atoms with van der Waals surface area (Å²) < 4.78 is 34.9. The first-order valence-electron chi connectivity index (χ1n) is 12.1. The van der Waals surface area contributed by atoms with Gasteiger partial charge in [-0.25, -0.2) is 8.78 Å². The van der Waals surface area contributed by atoms with Gasteiger partial charge in [0, 0.05) is 38.1 Å². The van der Waals surface area contributed by atoms with Gasteiger partial charge in [-0.15, -0.1) is 0 Å². The van der Waals surface area contributed by atoms with Crippen LogP contribution in [0.3, 0.4) is 0 Å². The minimum atomic E-state index is -2.26. The molecule has 0 unspecified atom stereocenters. The van der Waals surface area contributed by atoms with Crippen molar-refractivity contribution in [3.8, 4) is 0 Å². The third-order valence-electron chi connectivity index (χ3n) is 6.38. The smallest absolute Gasteiger partial charge is 0.303 e. The number of ketones is 1. The molecule has 0 bridgehead atoms. The second kappa shape index (κ2) is 11.4. The summed E-state index contributed by atoms with van der Waals surface area (Å²) in [5.41, 5.74) is 2.76. The summed E-state index contributed by atoms with van der Waals surface area (Å²) in [6.45, 7) is 6.26. The number of halogens is 2. The van der Waals surface area contributed by atoms with Gasteiger partial charge in [0.1, 0.15) is 17.7 Å². The number of hydrogen-bond donors (Lipinski definition) is 1. The standard InChI is InChI=1S/C27H33F2NO5Si/c1-35-16-17-8-9-20-19(12-17)10-11-30(24(32)6-5-7-25(33)34)26(20)23(31)15-18-13-21(28)27(22(29)14-18)36(2,3)4/h8-9,12-14,26H,5-7,10-11,15-16H2,1-4H3,(H,33,34)/t26-/m1/s1. The molecule has 0 spiro atoms. The monoisotopic (exact) mass is 517 g/mol. The first-order valence-corrected chi connectivity index (χ1v) is 15.6. The van der Waals surface area contributed by atoms with Gasteiger partial charge in [0.05, 0.1) is 14.7 Å². The van der Waals surface area contributed by atoms with E-state index in [-0.39, 0.29) is 48.1 Å². The average Bonchev–Trinajstić information content (AvgIpc) is 2.76. The number of amides is 1. The van der Waals surface area contributed by atoms with Gasteiger partial charge in [0.15, 0.2) is 5.78 Å². The van der Waals surface area contributed by atoms with E-state index in [0.29, 0.717) is 25.1 Å². The fraction of sp³-hybridized carbons (Fsp3) is 0.444. The van der Waals surface area contributed by atoms with E-state index in [0.717, 1.165) is 11.1 Å². The van der Waals surface area contributed by atoms with Crippen molar-refractivity contribution in [3.05, 3.63) is 64.2 Å². The van der Waals surface area contributed by atoms with Crippen LogP contribution in [0.25, 0.3) is 0 Å². The number of benzene rings is 2. The number of Topliss-reactive ketones (excluding diaryl/α,β-unsaturated/α-hetero) is 1. The maximum absolute atomic E-state index is 14.8. The lowest BCUT2D eigenvalue weighted by Crippen LogP contribution is -2.44. The molecule has 0 fully saturated rings. The fourth-order valence-corrected chi connectivity index (χ4v) is 6.41. The molecule has 1 amide bonds. The van der Waals surface area contributed by atoms with E-state index in [1.54, 1.807) is 13.2 Å². The second-order valence-corrected chi connectivity index (χ2v) is 15.3. The van der Waals surface area contributed by atoms with Crippen molar-refractivity contribution in [2.24, 2.45) is 0 Å². The van der Waals surface area contributed by atoms with Crippen LogP contribution in [-0.4, -0.2) is 49.4 Å². The fourth-order valence-electron chi connectivity index (χ4n) is 4.83. The molecule has 2 aromatic carbocycles. The van der Waals surface area contributed by atoms with Gasteiger partial charge < -0.3 is 14.7 Å². The molecule has 0 aromatic heterocycles. The highest BCUT2D eigenvalue weighted by Gasteiger charge is 2.36. The summed E-state index contributed by atoms with van der Waals surface area (Å²) in [4.78, 5) is 39.0. The van der Waals surface area contributed by atoms with Crippen LogP contribution in [0.5, 0.6) is 0 Å². The molecule has 3 rings (SSSR count). The van der Waals surface area contributed by atoms with Gasteiger partial charge in [0.2, 0.25) is 5.91 Å². The predicted octanol–water partition coefficient (Wildman–Crippen LogP) is 4.15. The van der Waals surface area contributed by atoms with Gasteiger partial charge in [-0.2, -0.15) is 0 Å². The Morgan fingerprint density at radius 3 is 2.31 bits per heavy atom. The van der Waals surface area contributed by atoms with Crippen molar-refractivity contribution >= 4 is 30.9 Å². The highest BCUT2D eigenvalue weighted by atomic mass is 28.3. The summed E-state index contributed by atoms with van der Waals surface area (Å²) in [6, 6.07) is 7.12. The number of carbonyl (C=O) groups is 3. The lowest BCUT2D eigenvalue weighted by Gasteiger charge is -2.37. The molecule has 1 aliphatic rings. The molecule has 194 valence electrons. The zero-order valence-electron chi connectivity index (χ0n) is 21.2. The predicted molar refractivity (Wildman–Crippen MR) is 135 cm³/mol. The van der Waals surface area contributed by atoms with Crippen LogP contribution in [0.1, 0.15) is 47.6 Å². The van der Waals surface area contributed by atoms with Crippen molar-refractivity contribution in [1.29, 1.82) is 0 Å². The van der Waals surface area contributed by atoms with Crippen molar-refractivity contribution in [3.63, 3.8) is 0 Å². The normalized spacial score (nSPS) is 15.5. The largest absolute Gasteiger partial charge is 0.481 e. The first kappa shape index (κ1) is 27.7. The molecule has 0 saturated heterocycles. The van der Waals surface area contributed by atoms with E-state index in [2.05, 4.69) is 0 Å². The quantitative estimate of drug-likeness (QED) is 0.479. The SMILES string of the molecule is COCc1ccc2c(c1)CCN(C(=O)CCCC(=O)O)[C@H]2C(=O)Cc1cc(F)c([Si](C)(C)C)c(F)c1. The summed E-state index contributed by atoms with van der Waals surface area (Å²) in [6.07, 6.45) is 0.330. The maximum atomic E-state index is 14.8. The molecule has 0 saturated carbocycles. The number of methoxy groups -OCH3 is 1. The molecule has 2 aromatic rings. The zero-order chi connectivity index (χ0) is 26.6. The average molecular weight is 518 g/mol. The Labute approximate surface area is 211 Å². The lowest BCUT2D eigenvalue weighted by molar-refractivity contribution is -0.141. The molecule has 36 heavy (non-hydrogen) atoms. The molecule has 1 aliphatic heterocycles. The summed E-state index contributed by atoms with van der Waals surface area (Å²) >= 11 is 0. The van der Waals surface area contributed by atoms with Crippen molar-refractivity contribution in [2.75, 3.05) is 13.7 Å². The van der Waals surface area contributed by atoms with Gasteiger partial charge in [-0.05, 0) is 47.2 Å². The molecule has 1 atom stereocenters. The molecule has 6 nitrogen and oxygen atoms in total. The Kier molecular flexibility index (Phi) is 8.79. The van der Waals surface area contributed by atoms with E-state index in [4.69, 9.17) is 9.84 Å². The Morgan fingerprint density at radius 1 is 1.06 bits per heavy atom. The van der Waals surface area contributed by atoms with Crippen LogP contribution < -0.4 is 5.19 Å². The molecule has 1 heterocycles. The molecule has 0 radical (unpaired) electrons. The Hall–Kier alpha value is -2.91. The van der Waals surface area contributed by atoms with Gasteiger partial charge in [0.25, 0.3) is 0 Å². The molecule has 9 heteroatoms. The molecule has 1 N–H and O–H groups in total. The maximum Gasteiger partial charge on any atom is 0.303 e. The number of nitrogens with zero attached hydrogens (tertiary/aromatic N) is 1. The molecule has 0 aliphatic carbocycles. The zero-order valence-corrected chi connectivity index (χ0v) is 22.2. The van der Waals surface area contributed by atoms with Crippen LogP contribution in [0, 0.1) is 11.6 Å². The minimum Gasteiger partial charge on any atom is -0.481 e. The minimum absolute atomic E-state index is 0.00133. The summed E-state index contributed by atoms with van der Waals surface area (Å²) in [5.74, 6) is -2.94. The van der Waals surface area contributed by atoms with E-state index < -0.39 is 31.7 Å². The van der Waals surface area contributed by atoms with Crippen LogP contribution in [0.2, 0.25) is 19.6 Å². The number of carbonyl (C=O) groups excluding carboxylic acids is 2. The van der Waals surface area contributed by atoms with Gasteiger partial charge in [-0.1, -0.05) is 37.8 Å². The number of carboxylic acids is 1. The molecular weight excluding hydrogens is 484 g/mol. The Morgan fingerprint density at radius 2 is 1.72 bits per heavy atom. The van der Waals surface area contributed by atoms with Crippen molar-refractivity contribution in [1.82, 2.24) is 4.90 Å². The second-order valence-electron chi connectivity index (χ2n) is 10.3. The molecular formula is C27H33F2NO5Si. The number of fused-ring (bicyclic) bond motifs is 1. The Bertz CT molecular complexity index is 1140. The van der Waals surface area contributed by atoms with Crippen molar-refractivity contribution < 1.29 is 33.0 Å². The van der Waals surface area contributed by atoms with Crippen LogP contribution in [0.15, 0.2) is 30.3 Å². The number of rotatable bonds is 10. The van der Waals surface area contributed by atoms with Gasteiger partial charge in [-0.3, -0.25) is 14.4 Å². The number of carboxylic acid groups (broad SMARTS) is 1. The first-order chi connectivity index (χ1) is 16.9. The highest BCUT2D eigenvalue weighted by Crippen LogP contribution is 2.33. The Balaban J connectivity index is 1.93. The number of hydrogen-bond acceptors (Lipinski definition) is 4. The van der Waals surface area contributed by atoms with E-state index in [1.165, 1.54) is 17.0 Å². The third-order valence-corrected chi connectivity index (χ3v) is 8.36. The van der Waals surface area contributed by atoms with Crippen LogP contribution in [-0.2, 0) is 38.6 Å². The van der Waals surface area contributed by atoms with E-state index in [9.17, 15) is 23.2 Å². The summed E-state index contributed by atoms with van der Waals surface area (Å²) in [5, 5.41) is 9.01. The van der Waals surface area contributed by atoms with Gasteiger partial charge >= 0.3 is 5.97 Å². The number of ether oxygens (including phenoxy) is 1. The topological polar surface area (TPSA) is 83.9 Å². The summed E-state index contributed by atoms with van der Waals surface area (Å²) in [7, 11) is -0.672. The number of aliphatic carboxylic acids is 1. The van der Waals surface area contributed by atoms with Crippen molar-refractivity contribution in [2.45, 2.75) is 64.4 Å². The highest BCUT2D eigenvalue weighted by molar-refractivity contribution is 6.88.